The van der Waals surface area contributed by atoms with Crippen molar-refractivity contribution in [2.24, 2.45) is 0 Å². The zero-order valence-electron chi connectivity index (χ0n) is 20.2. The van der Waals surface area contributed by atoms with E-state index in [1.807, 2.05) is 6.07 Å². The van der Waals surface area contributed by atoms with Gasteiger partial charge in [0.1, 0.15) is 5.82 Å². The van der Waals surface area contributed by atoms with Crippen LogP contribution in [0.25, 0.3) is 16.6 Å². The summed E-state index contributed by atoms with van der Waals surface area (Å²) in [5, 5.41) is 0.963. The molecule has 3 aromatic rings. The maximum Gasteiger partial charge on any atom is 0.409 e. The van der Waals surface area contributed by atoms with Crippen molar-refractivity contribution in [3.8, 4) is 5.69 Å². The van der Waals surface area contributed by atoms with Crippen LogP contribution in [0, 0.1) is 5.82 Å². The van der Waals surface area contributed by atoms with Gasteiger partial charge < -0.3 is 14.5 Å². The molecule has 10 heteroatoms. The number of carbonyl (C=O) groups excluding carboxylic acids is 2. The standard InChI is InChI=1S/C26H29FN4O4S/c1-2-35-26(34)30-15-13-29(14-16-30)23(32)12-5-6-17-36-25-28-22-11-4-3-10-21(22)24(33)31(25)20-9-7-8-19(27)18-20/h3-4,7-11,18H,2,5-6,12-17H2,1H3. The van der Waals surface area contributed by atoms with Crippen LogP contribution in [0.3, 0.4) is 0 Å². The highest BCUT2D eigenvalue weighted by molar-refractivity contribution is 7.99. The number of hydrogen-bond donors (Lipinski definition) is 0. The largest absolute Gasteiger partial charge is 0.450 e. The van der Waals surface area contributed by atoms with Crippen LogP contribution in [0.15, 0.2) is 58.5 Å². The van der Waals surface area contributed by atoms with Gasteiger partial charge in [-0.3, -0.25) is 14.2 Å². The molecule has 190 valence electrons. The van der Waals surface area contributed by atoms with Crippen molar-refractivity contribution in [1.29, 1.82) is 0 Å². The molecule has 4 rings (SSSR count). The lowest BCUT2D eigenvalue weighted by atomic mass is 10.2. The molecule has 0 N–H and O–H groups in total. The Morgan fingerprint density at radius 1 is 1.03 bits per heavy atom. The normalized spacial score (nSPS) is 13.7. The SMILES string of the molecule is CCOC(=O)N1CCN(C(=O)CCCCSc2nc3ccccc3c(=O)n2-c2cccc(F)c2)CC1. The van der Waals surface area contributed by atoms with E-state index in [0.717, 1.165) is 6.42 Å². The van der Waals surface area contributed by atoms with Gasteiger partial charge in [-0.1, -0.05) is 30.0 Å². The highest BCUT2D eigenvalue weighted by Crippen LogP contribution is 2.23. The summed E-state index contributed by atoms with van der Waals surface area (Å²) in [6, 6.07) is 13.0. The Morgan fingerprint density at radius 2 is 1.78 bits per heavy atom. The number of para-hydroxylation sites is 1. The molecule has 0 atom stereocenters. The molecule has 1 aromatic heterocycles. The highest BCUT2D eigenvalue weighted by atomic mass is 32.2. The van der Waals surface area contributed by atoms with E-state index < -0.39 is 5.82 Å². The number of carbonyl (C=O) groups is 2. The first-order valence-corrected chi connectivity index (χ1v) is 13.1. The molecular formula is C26H29FN4O4S. The number of fused-ring (bicyclic) bond motifs is 1. The molecule has 2 heterocycles. The first-order chi connectivity index (χ1) is 17.5. The third kappa shape index (κ3) is 6.04. The number of thioether (sulfide) groups is 1. The summed E-state index contributed by atoms with van der Waals surface area (Å²) in [4.78, 5) is 45.7. The van der Waals surface area contributed by atoms with E-state index in [4.69, 9.17) is 4.74 Å². The minimum atomic E-state index is -0.426. The molecule has 8 nitrogen and oxygen atoms in total. The highest BCUT2D eigenvalue weighted by Gasteiger charge is 2.24. The van der Waals surface area contributed by atoms with E-state index >= 15 is 0 Å². The van der Waals surface area contributed by atoms with Crippen molar-refractivity contribution < 1.29 is 18.7 Å². The van der Waals surface area contributed by atoms with Gasteiger partial charge in [-0.25, -0.2) is 14.2 Å². The third-order valence-corrected chi connectivity index (χ3v) is 7.01. The predicted octanol–water partition coefficient (Wildman–Crippen LogP) is 4.09. The minimum Gasteiger partial charge on any atom is -0.450 e. The van der Waals surface area contributed by atoms with Crippen LogP contribution in [-0.4, -0.2) is 69.9 Å². The number of ether oxygens (including phenoxy) is 1. The number of amides is 2. The zero-order chi connectivity index (χ0) is 25.5. The fraction of sp³-hybridized carbons (Fsp3) is 0.385. The van der Waals surface area contributed by atoms with Crippen LogP contribution in [0.2, 0.25) is 0 Å². The lowest BCUT2D eigenvalue weighted by molar-refractivity contribution is -0.132. The minimum absolute atomic E-state index is 0.0732. The molecule has 0 spiro atoms. The first kappa shape index (κ1) is 25.7. The summed E-state index contributed by atoms with van der Waals surface area (Å²) in [7, 11) is 0. The molecule has 0 saturated carbocycles. The van der Waals surface area contributed by atoms with Crippen molar-refractivity contribution in [3.63, 3.8) is 0 Å². The molecule has 0 bridgehead atoms. The van der Waals surface area contributed by atoms with E-state index in [0.29, 0.717) is 73.1 Å². The van der Waals surface area contributed by atoms with E-state index in [9.17, 15) is 18.8 Å². The maximum absolute atomic E-state index is 13.9. The molecule has 1 fully saturated rings. The Bertz CT molecular complexity index is 1290. The first-order valence-electron chi connectivity index (χ1n) is 12.1. The molecule has 2 amide bonds. The van der Waals surface area contributed by atoms with E-state index in [1.54, 1.807) is 47.1 Å². The Kier molecular flexibility index (Phi) is 8.58. The van der Waals surface area contributed by atoms with Crippen molar-refractivity contribution in [2.45, 2.75) is 31.3 Å². The molecule has 36 heavy (non-hydrogen) atoms. The number of hydrogen-bond acceptors (Lipinski definition) is 6. The van der Waals surface area contributed by atoms with Crippen molar-refractivity contribution in [3.05, 3.63) is 64.7 Å². The summed E-state index contributed by atoms with van der Waals surface area (Å²) < 4.78 is 20.4. The van der Waals surface area contributed by atoms with Crippen LogP contribution in [-0.2, 0) is 9.53 Å². The number of nitrogens with zero attached hydrogens (tertiary/aromatic N) is 4. The second-order valence-corrected chi connectivity index (χ2v) is 9.47. The van der Waals surface area contributed by atoms with E-state index in [-0.39, 0.29) is 17.6 Å². The smallest absolute Gasteiger partial charge is 0.409 e. The second kappa shape index (κ2) is 12.0. The van der Waals surface area contributed by atoms with Crippen molar-refractivity contribution in [1.82, 2.24) is 19.4 Å². The summed E-state index contributed by atoms with van der Waals surface area (Å²) in [5.74, 6) is 0.304. The van der Waals surface area contributed by atoms with Crippen LogP contribution >= 0.6 is 11.8 Å². The second-order valence-electron chi connectivity index (χ2n) is 8.40. The van der Waals surface area contributed by atoms with Gasteiger partial charge in [-0.15, -0.1) is 0 Å². The molecule has 1 aliphatic rings. The Balaban J connectivity index is 1.34. The Hall–Kier alpha value is -3.40. The number of aromatic nitrogens is 2. The van der Waals surface area contributed by atoms with Gasteiger partial charge in [0.2, 0.25) is 5.91 Å². The number of piperazine rings is 1. The average Bonchev–Trinajstić information content (AvgIpc) is 2.89. The maximum atomic E-state index is 13.9. The van der Waals surface area contributed by atoms with Gasteiger partial charge in [-0.05, 0) is 50.1 Å². The molecule has 0 radical (unpaired) electrons. The summed E-state index contributed by atoms with van der Waals surface area (Å²) in [6.45, 7) is 4.08. The monoisotopic (exact) mass is 512 g/mol. The summed E-state index contributed by atoms with van der Waals surface area (Å²) >= 11 is 1.42. The number of rotatable bonds is 8. The van der Waals surface area contributed by atoms with Crippen molar-refractivity contribution >= 4 is 34.7 Å². The lowest BCUT2D eigenvalue weighted by Gasteiger charge is -2.34. The molecule has 2 aromatic carbocycles. The van der Waals surface area contributed by atoms with E-state index in [1.165, 1.54) is 28.5 Å². The molecule has 1 aliphatic heterocycles. The van der Waals surface area contributed by atoms with Gasteiger partial charge in [0.25, 0.3) is 5.56 Å². The molecule has 1 saturated heterocycles. The van der Waals surface area contributed by atoms with Crippen LogP contribution in [0.1, 0.15) is 26.2 Å². The topological polar surface area (TPSA) is 84.7 Å². The van der Waals surface area contributed by atoms with E-state index in [2.05, 4.69) is 4.98 Å². The average molecular weight is 513 g/mol. The fourth-order valence-electron chi connectivity index (χ4n) is 4.11. The lowest BCUT2D eigenvalue weighted by Crippen LogP contribution is -2.50. The van der Waals surface area contributed by atoms with Crippen LogP contribution < -0.4 is 5.56 Å². The van der Waals surface area contributed by atoms with Gasteiger partial charge in [0.15, 0.2) is 5.16 Å². The zero-order valence-corrected chi connectivity index (χ0v) is 21.0. The number of unbranched alkanes of at least 4 members (excludes halogenated alkanes) is 1. The van der Waals surface area contributed by atoms with Gasteiger partial charge in [0, 0.05) is 38.4 Å². The molecular weight excluding hydrogens is 483 g/mol. The van der Waals surface area contributed by atoms with Crippen LogP contribution in [0.4, 0.5) is 9.18 Å². The quantitative estimate of drug-likeness (QED) is 0.257. The van der Waals surface area contributed by atoms with Gasteiger partial charge in [-0.2, -0.15) is 0 Å². The van der Waals surface area contributed by atoms with Crippen molar-refractivity contribution in [2.75, 3.05) is 38.5 Å². The molecule has 0 aliphatic carbocycles. The molecule has 0 unspecified atom stereocenters. The summed E-state index contributed by atoms with van der Waals surface area (Å²) in [5.41, 5.74) is 0.776. The fourth-order valence-corrected chi connectivity index (χ4v) is 5.12. The van der Waals surface area contributed by atoms with Crippen LogP contribution in [0.5, 0.6) is 0 Å². The third-order valence-electron chi connectivity index (χ3n) is 5.99. The predicted molar refractivity (Wildman–Crippen MR) is 137 cm³/mol. The van der Waals surface area contributed by atoms with Gasteiger partial charge >= 0.3 is 6.09 Å². The number of halogens is 1. The Morgan fingerprint density at radius 3 is 2.53 bits per heavy atom. The Labute approximate surface area is 213 Å². The van der Waals surface area contributed by atoms with Gasteiger partial charge in [0.05, 0.1) is 23.2 Å². The number of benzene rings is 2. The summed E-state index contributed by atoms with van der Waals surface area (Å²) in [6.07, 6.45) is 1.54.